The molecule has 5 nitrogen and oxygen atoms in total. The van der Waals surface area contributed by atoms with E-state index < -0.39 is 5.54 Å². The third kappa shape index (κ3) is 2.41. The Balaban J connectivity index is 2.22. The van der Waals surface area contributed by atoms with Gasteiger partial charge >= 0.3 is 0 Å². The number of carbonyl (C=O) groups is 1. The minimum absolute atomic E-state index is 0.244. The summed E-state index contributed by atoms with van der Waals surface area (Å²) in [5.74, 6) is 1.04. The summed E-state index contributed by atoms with van der Waals surface area (Å²) in [5, 5.41) is 3.39. The highest BCUT2D eigenvalue weighted by Gasteiger charge is 2.49. The largest absolute Gasteiger partial charge is 0.368 e. The number of hydrogen-bond acceptors (Lipinski definition) is 3. The van der Waals surface area contributed by atoms with E-state index in [0.717, 1.165) is 31.6 Å². The van der Waals surface area contributed by atoms with Crippen LogP contribution in [0.5, 0.6) is 0 Å². The first-order valence-corrected chi connectivity index (χ1v) is 6.63. The Bertz CT molecular complexity index is 424. The predicted molar refractivity (Wildman–Crippen MR) is 69.9 cm³/mol. The van der Waals surface area contributed by atoms with E-state index in [1.165, 1.54) is 0 Å². The molecule has 1 atom stereocenters. The van der Waals surface area contributed by atoms with Crippen molar-refractivity contribution >= 4 is 5.91 Å². The maximum atomic E-state index is 12.0. The number of rotatable bonds is 7. The van der Waals surface area contributed by atoms with Crippen molar-refractivity contribution in [2.45, 2.75) is 45.2 Å². The maximum Gasteiger partial charge on any atom is 0.239 e. The number of primary amides is 1. The van der Waals surface area contributed by atoms with Gasteiger partial charge < -0.3 is 15.6 Å². The van der Waals surface area contributed by atoms with Gasteiger partial charge in [0.25, 0.3) is 0 Å². The summed E-state index contributed by atoms with van der Waals surface area (Å²) in [6.45, 7) is 5.43. The van der Waals surface area contributed by atoms with Gasteiger partial charge in [0.05, 0.1) is 6.54 Å². The van der Waals surface area contributed by atoms with Crippen LogP contribution in [0.1, 0.15) is 32.0 Å². The lowest BCUT2D eigenvalue weighted by molar-refractivity contribution is -0.126. The average molecular weight is 250 g/mol. The molecule has 100 valence electrons. The van der Waals surface area contributed by atoms with Crippen molar-refractivity contribution in [3.8, 4) is 0 Å². The Morgan fingerprint density at radius 1 is 1.67 bits per heavy atom. The first-order chi connectivity index (χ1) is 8.60. The number of nitrogens with one attached hydrogen (secondary N) is 1. The smallest absolute Gasteiger partial charge is 0.239 e. The third-order valence-electron chi connectivity index (χ3n) is 3.75. The van der Waals surface area contributed by atoms with Gasteiger partial charge in [-0.05, 0) is 38.6 Å². The lowest BCUT2D eigenvalue weighted by Gasteiger charge is -2.32. The Kier molecular flexibility index (Phi) is 3.71. The summed E-state index contributed by atoms with van der Waals surface area (Å²) in [5.41, 5.74) is 5.08. The van der Waals surface area contributed by atoms with Gasteiger partial charge in [-0.1, -0.05) is 6.92 Å². The number of amides is 1. The van der Waals surface area contributed by atoms with Gasteiger partial charge in [-0.25, -0.2) is 4.98 Å². The van der Waals surface area contributed by atoms with Gasteiger partial charge in [0.1, 0.15) is 11.4 Å². The van der Waals surface area contributed by atoms with Gasteiger partial charge in [-0.3, -0.25) is 4.79 Å². The van der Waals surface area contributed by atoms with E-state index in [2.05, 4.69) is 17.2 Å². The molecule has 3 N–H and O–H groups in total. The van der Waals surface area contributed by atoms with Crippen molar-refractivity contribution in [1.82, 2.24) is 14.9 Å². The number of nitrogens with two attached hydrogens (primary N) is 1. The molecular weight excluding hydrogens is 228 g/mol. The van der Waals surface area contributed by atoms with E-state index >= 15 is 0 Å². The molecule has 0 aliphatic heterocycles. The van der Waals surface area contributed by atoms with E-state index in [4.69, 9.17) is 5.73 Å². The standard InChI is InChI=1S/C13H22N4O/c1-3-6-16-13(12(14)18,11-4-5-11)9-17-8-7-15-10(17)2/h7-8,11,16H,3-6,9H2,1-2H3,(H2,14,18). The molecule has 1 aromatic rings. The fourth-order valence-electron chi connectivity index (χ4n) is 2.46. The highest BCUT2D eigenvalue weighted by atomic mass is 16.1. The van der Waals surface area contributed by atoms with Crippen molar-refractivity contribution in [3.63, 3.8) is 0 Å². The predicted octanol–water partition coefficient (Wildman–Crippen LogP) is 0.825. The number of hydrogen-bond donors (Lipinski definition) is 2. The second kappa shape index (κ2) is 5.10. The Labute approximate surface area is 108 Å². The molecule has 1 saturated carbocycles. The fraction of sp³-hybridized carbons (Fsp3) is 0.692. The highest BCUT2D eigenvalue weighted by molar-refractivity contribution is 5.85. The topological polar surface area (TPSA) is 72.9 Å². The van der Waals surface area contributed by atoms with Crippen molar-refractivity contribution in [2.75, 3.05) is 6.54 Å². The summed E-state index contributed by atoms with van der Waals surface area (Å²) < 4.78 is 2.01. The molecule has 0 saturated heterocycles. The molecule has 1 unspecified atom stereocenters. The molecule has 1 aliphatic carbocycles. The zero-order chi connectivity index (χ0) is 13.2. The van der Waals surface area contributed by atoms with Crippen molar-refractivity contribution in [3.05, 3.63) is 18.2 Å². The van der Waals surface area contributed by atoms with Crippen LogP contribution in [0.3, 0.4) is 0 Å². The van der Waals surface area contributed by atoms with Crippen molar-refractivity contribution in [1.29, 1.82) is 0 Å². The van der Waals surface area contributed by atoms with Crippen LogP contribution in [0.25, 0.3) is 0 Å². The van der Waals surface area contributed by atoms with E-state index in [0.29, 0.717) is 12.5 Å². The summed E-state index contributed by atoms with van der Waals surface area (Å²) in [6, 6.07) is 0. The van der Waals surface area contributed by atoms with Gasteiger partial charge in [0, 0.05) is 12.4 Å². The second-order valence-electron chi connectivity index (χ2n) is 5.14. The summed E-state index contributed by atoms with van der Waals surface area (Å²) in [4.78, 5) is 16.2. The summed E-state index contributed by atoms with van der Waals surface area (Å²) >= 11 is 0. The number of imidazole rings is 1. The van der Waals surface area contributed by atoms with Crippen LogP contribution in [0.2, 0.25) is 0 Å². The number of nitrogens with zero attached hydrogens (tertiary/aromatic N) is 2. The molecule has 1 amide bonds. The van der Waals surface area contributed by atoms with Crippen LogP contribution in [0.15, 0.2) is 12.4 Å². The van der Waals surface area contributed by atoms with Crippen LogP contribution >= 0.6 is 0 Å². The molecule has 2 rings (SSSR count). The van der Waals surface area contributed by atoms with Crippen LogP contribution in [-0.2, 0) is 11.3 Å². The molecule has 18 heavy (non-hydrogen) atoms. The number of aryl methyl sites for hydroxylation is 1. The quantitative estimate of drug-likeness (QED) is 0.752. The SMILES string of the molecule is CCCNC(Cn1ccnc1C)(C(N)=O)C1CC1. The molecular formula is C13H22N4O. The minimum atomic E-state index is -0.610. The van der Waals surface area contributed by atoms with Gasteiger partial charge in [-0.15, -0.1) is 0 Å². The van der Waals surface area contributed by atoms with Crippen LogP contribution in [-0.4, -0.2) is 27.5 Å². The van der Waals surface area contributed by atoms with Gasteiger partial charge in [0.15, 0.2) is 0 Å². The lowest BCUT2D eigenvalue weighted by Crippen LogP contribution is -2.60. The van der Waals surface area contributed by atoms with Crippen LogP contribution in [0, 0.1) is 12.8 Å². The van der Waals surface area contributed by atoms with E-state index in [1.54, 1.807) is 6.20 Å². The Hall–Kier alpha value is -1.36. The molecule has 1 aliphatic rings. The summed E-state index contributed by atoms with van der Waals surface area (Å²) in [7, 11) is 0. The minimum Gasteiger partial charge on any atom is -0.368 e. The van der Waals surface area contributed by atoms with Gasteiger partial charge in [0.2, 0.25) is 5.91 Å². The Morgan fingerprint density at radius 3 is 2.83 bits per heavy atom. The van der Waals surface area contributed by atoms with E-state index in [1.807, 2.05) is 17.7 Å². The average Bonchev–Trinajstić information content (AvgIpc) is 3.10. The van der Waals surface area contributed by atoms with Crippen molar-refractivity contribution < 1.29 is 4.79 Å². The fourth-order valence-corrected chi connectivity index (χ4v) is 2.46. The molecule has 5 heteroatoms. The van der Waals surface area contributed by atoms with Crippen LogP contribution < -0.4 is 11.1 Å². The van der Waals surface area contributed by atoms with Crippen LogP contribution in [0.4, 0.5) is 0 Å². The van der Waals surface area contributed by atoms with E-state index in [-0.39, 0.29) is 5.91 Å². The molecule has 1 fully saturated rings. The van der Waals surface area contributed by atoms with E-state index in [9.17, 15) is 4.79 Å². The van der Waals surface area contributed by atoms with Crippen molar-refractivity contribution in [2.24, 2.45) is 11.7 Å². The third-order valence-corrected chi connectivity index (χ3v) is 3.75. The Morgan fingerprint density at radius 2 is 2.39 bits per heavy atom. The first-order valence-electron chi connectivity index (χ1n) is 6.63. The molecule has 0 radical (unpaired) electrons. The second-order valence-corrected chi connectivity index (χ2v) is 5.14. The number of carbonyl (C=O) groups excluding carboxylic acids is 1. The molecule has 1 heterocycles. The van der Waals surface area contributed by atoms with Gasteiger partial charge in [-0.2, -0.15) is 0 Å². The molecule has 0 bridgehead atoms. The molecule has 0 aromatic carbocycles. The normalized spacial score (nSPS) is 18.6. The monoisotopic (exact) mass is 250 g/mol. The lowest BCUT2D eigenvalue weighted by atomic mass is 9.91. The molecule has 0 spiro atoms. The number of aromatic nitrogens is 2. The molecule has 1 aromatic heterocycles. The first kappa shape index (κ1) is 13.1. The maximum absolute atomic E-state index is 12.0. The highest BCUT2D eigenvalue weighted by Crippen LogP contribution is 2.40. The zero-order valence-corrected chi connectivity index (χ0v) is 11.1. The summed E-state index contributed by atoms with van der Waals surface area (Å²) in [6.07, 6.45) is 6.81. The zero-order valence-electron chi connectivity index (χ0n) is 11.1.